The van der Waals surface area contributed by atoms with Gasteiger partial charge in [0, 0.05) is 11.8 Å². The molecule has 18 heavy (non-hydrogen) atoms. The van der Waals surface area contributed by atoms with Gasteiger partial charge < -0.3 is 9.84 Å². The lowest BCUT2D eigenvalue weighted by Crippen LogP contribution is -2.33. The minimum Gasteiger partial charge on any atom is -0.462 e. The summed E-state index contributed by atoms with van der Waals surface area (Å²) in [4.78, 5) is 11.8. The first-order valence-electron chi connectivity index (χ1n) is 7.07. The van der Waals surface area contributed by atoms with Crippen molar-refractivity contribution in [1.82, 2.24) is 0 Å². The number of aliphatic hydroxyl groups excluding tert-OH is 1. The molecule has 2 aliphatic carbocycles. The highest BCUT2D eigenvalue weighted by Gasteiger charge is 2.55. The molecule has 1 N–H and O–H groups in total. The Hall–Kier alpha value is -0.830. The molecule has 0 amide bonds. The molecule has 0 spiro atoms. The Balaban J connectivity index is 1.96. The van der Waals surface area contributed by atoms with E-state index in [2.05, 4.69) is 13.5 Å². The second kappa shape index (κ2) is 4.09. The molecular weight excluding hydrogens is 228 g/mol. The van der Waals surface area contributed by atoms with Gasteiger partial charge in [0.1, 0.15) is 6.10 Å². The van der Waals surface area contributed by atoms with Gasteiger partial charge in [-0.2, -0.15) is 0 Å². The van der Waals surface area contributed by atoms with Gasteiger partial charge in [0.05, 0.1) is 12.0 Å². The van der Waals surface area contributed by atoms with Crippen molar-refractivity contribution in [3.8, 4) is 0 Å². The van der Waals surface area contributed by atoms with Crippen molar-refractivity contribution >= 4 is 5.97 Å². The molecule has 0 unspecified atom stereocenters. The second-order valence-corrected chi connectivity index (χ2v) is 6.40. The first-order chi connectivity index (χ1) is 8.50. The van der Waals surface area contributed by atoms with E-state index in [1.807, 2.05) is 6.92 Å². The van der Waals surface area contributed by atoms with E-state index >= 15 is 0 Å². The van der Waals surface area contributed by atoms with Crippen LogP contribution in [0.5, 0.6) is 0 Å². The smallest absolute Gasteiger partial charge is 0.309 e. The Labute approximate surface area is 108 Å². The molecule has 3 fully saturated rings. The van der Waals surface area contributed by atoms with Crippen molar-refractivity contribution in [2.24, 2.45) is 29.6 Å². The fourth-order valence-electron chi connectivity index (χ4n) is 4.33. The number of rotatable bonds is 0. The van der Waals surface area contributed by atoms with Gasteiger partial charge in [-0.1, -0.05) is 26.0 Å². The lowest BCUT2D eigenvalue weighted by Gasteiger charge is -2.29. The number of aliphatic hydroxyl groups is 1. The molecule has 7 atom stereocenters. The van der Waals surface area contributed by atoms with Crippen molar-refractivity contribution in [3.05, 3.63) is 12.2 Å². The highest BCUT2D eigenvalue weighted by molar-refractivity contribution is 5.75. The molecule has 0 radical (unpaired) electrons. The monoisotopic (exact) mass is 250 g/mol. The summed E-state index contributed by atoms with van der Waals surface area (Å²) in [6.45, 7) is 8.27. The Morgan fingerprint density at radius 3 is 2.83 bits per heavy atom. The molecule has 1 saturated heterocycles. The topological polar surface area (TPSA) is 46.5 Å². The van der Waals surface area contributed by atoms with Crippen LogP contribution < -0.4 is 0 Å². The normalized spacial score (nSPS) is 51.6. The molecule has 0 bridgehead atoms. The summed E-state index contributed by atoms with van der Waals surface area (Å²) in [5, 5.41) is 10.1. The summed E-state index contributed by atoms with van der Waals surface area (Å²) >= 11 is 0. The van der Waals surface area contributed by atoms with E-state index in [1.54, 1.807) is 0 Å². The maximum atomic E-state index is 11.8. The van der Waals surface area contributed by atoms with Gasteiger partial charge in [-0.15, -0.1) is 0 Å². The van der Waals surface area contributed by atoms with Crippen LogP contribution in [0.2, 0.25) is 0 Å². The SMILES string of the molecule is C=C1CC[C@@H]2[C@H](OC(=O)[C@@H]2C)[C@H]2[C@H](C)[C@@H](O)C[C@@H]12. The van der Waals surface area contributed by atoms with E-state index in [4.69, 9.17) is 4.74 Å². The van der Waals surface area contributed by atoms with Crippen LogP contribution in [-0.2, 0) is 9.53 Å². The second-order valence-electron chi connectivity index (χ2n) is 6.40. The van der Waals surface area contributed by atoms with Gasteiger partial charge in [-0.3, -0.25) is 4.79 Å². The average Bonchev–Trinajstić information content (AvgIpc) is 2.72. The predicted molar refractivity (Wildman–Crippen MR) is 67.7 cm³/mol. The molecule has 0 aromatic carbocycles. The van der Waals surface area contributed by atoms with Crippen molar-refractivity contribution in [2.75, 3.05) is 0 Å². The molecular formula is C15H22O3. The maximum Gasteiger partial charge on any atom is 0.309 e. The predicted octanol–water partition coefficient (Wildman–Crippen LogP) is 2.15. The maximum absolute atomic E-state index is 11.8. The summed E-state index contributed by atoms with van der Waals surface area (Å²) in [5.74, 6) is 1.08. The van der Waals surface area contributed by atoms with Crippen LogP contribution in [0.1, 0.15) is 33.1 Å². The molecule has 100 valence electrons. The molecule has 3 nitrogen and oxygen atoms in total. The lowest BCUT2D eigenvalue weighted by molar-refractivity contribution is -0.146. The molecule has 2 saturated carbocycles. The molecule has 0 aromatic rings. The first kappa shape index (κ1) is 12.2. The lowest BCUT2D eigenvalue weighted by atomic mass is 9.78. The molecule has 3 heteroatoms. The summed E-state index contributed by atoms with van der Waals surface area (Å²) in [5.41, 5.74) is 1.25. The zero-order valence-corrected chi connectivity index (χ0v) is 11.1. The van der Waals surface area contributed by atoms with Crippen molar-refractivity contribution in [1.29, 1.82) is 0 Å². The van der Waals surface area contributed by atoms with E-state index in [9.17, 15) is 9.90 Å². The largest absolute Gasteiger partial charge is 0.462 e. The van der Waals surface area contributed by atoms with Gasteiger partial charge in [0.2, 0.25) is 0 Å². The minimum atomic E-state index is -0.273. The van der Waals surface area contributed by atoms with Crippen LogP contribution in [-0.4, -0.2) is 23.3 Å². The molecule has 1 heterocycles. The zero-order chi connectivity index (χ0) is 13.0. The van der Waals surface area contributed by atoms with Crippen molar-refractivity contribution < 1.29 is 14.6 Å². The fourth-order valence-corrected chi connectivity index (χ4v) is 4.33. The third-order valence-corrected chi connectivity index (χ3v) is 5.56. The quantitative estimate of drug-likeness (QED) is 0.529. The van der Waals surface area contributed by atoms with Crippen LogP contribution in [0.15, 0.2) is 12.2 Å². The van der Waals surface area contributed by atoms with Crippen LogP contribution in [0.25, 0.3) is 0 Å². The molecule has 3 rings (SSSR count). The van der Waals surface area contributed by atoms with Crippen molar-refractivity contribution in [2.45, 2.75) is 45.3 Å². The van der Waals surface area contributed by atoms with E-state index in [1.165, 1.54) is 5.57 Å². The van der Waals surface area contributed by atoms with Gasteiger partial charge in [-0.25, -0.2) is 0 Å². The third kappa shape index (κ3) is 1.56. The van der Waals surface area contributed by atoms with Gasteiger partial charge in [0.25, 0.3) is 0 Å². The Kier molecular flexibility index (Phi) is 2.77. The van der Waals surface area contributed by atoms with E-state index in [-0.39, 0.29) is 35.9 Å². The molecule has 3 aliphatic rings. The number of allylic oxidation sites excluding steroid dienone is 1. The number of carbonyl (C=O) groups excluding carboxylic acids is 1. The van der Waals surface area contributed by atoms with Crippen molar-refractivity contribution in [3.63, 3.8) is 0 Å². The zero-order valence-electron chi connectivity index (χ0n) is 11.1. The Bertz CT molecular complexity index is 389. The number of esters is 1. The van der Waals surface area contributed by atoms with Gasteiger partial charge in [-0.05, 0) is 31.1 Å². The summed E-state index contributed by atoms with van der Waals surface area (Å²) < 4.78 is 5.65. The average molecular weight is 250 g/mol. The van der Waals surface area contributed by atoms with Gasteiger partial charge >= 0.3 is 5.97 Å². The van der Waals surface area contributed by atoms with Crippen LogP contribution in [0.4, 0.5) is 0 Å². The highest BCUT2D eigenvalue weighted by atomic mass is 16.6. The number of hydrogen-bond donors (Lipinski definition) is 1. The van der Waals surface area contributed by atoms with E-state index in [0.29, 0.717) is 11.8 Å². The van der Waals surface area contributed by atoms with Crippen LogP contribution >= 0.6 is 0 Å². The van der Waals surface area contributed by atoms with Crippen LogP contribution in [0, 0.1) is 29.6 Å². The minimum absolute atomic E-state index is 0.00361. The summed E-state index contributed by atoms with van der Waals surface area (Å²) in [6, 6.07) is 0. The fraction of sp³-hybridized carbons (Fsp3) is 0.800. The van der Waals surface area contributed by atoms with E-state index < -0.39 is 0 Å². The Morgan fingerprint density at radius 1 is 1.39 bits per heavy atom. The summed E-state index contributed by atoms with van der Waals surface area (Å²) in [6.07, 6.45) is 2.50. The highest BCUT2D eigenvalue weighted by Crippen LogP contribution is 2.52. The standard InChI is InChI=1S/C15H22O3/c1-7-4-5-10-8(2)15(17)18-14(10)13-9(3)12(16)6-11(7)13/h8-14,16H,1,4-6H2,2-3H3/t8-,9-,10+,11+,12+,13+,14+/m1/s1. The third-order valence-electron chi connectivity index (χ3n) is 5.56. The number of hydrogen-bond acceptors (Lipinski definition) is 3. The number of carbonyl (C=O) groups is 1. The van der Waals surface area contributed by atoms with E-state index in [0.717, 1.165) is 19.3 Å². The summed E-state index contributed by atoms with van der Waals surface area (Å²) in [7, 11) is 0. The van der Waals surface area contributed by atoms with Crippen LogP contribution in [0.3, 0.4) is 0 Å². The molecule has 0 aromatic heterocycles. The number of fused-ring (bicyclic) bond motifs is 3. The molecule has 1 aliphatic heterocycles. The van der Waals surface area contributed by atoms with Gasteiger partial charge in [0.15, 0.2) is 0 Å². The number of ether oxygens (including phenoxy) is 1. The first-order valence-corrected chi connectivity index (χ1v) is 7.07. The Morgan fingerprint density at radius 2 is 2.11 bits per heavy atom.